The highest BCUT2D eigenvalue weighted by Crippen LogP contribution is 2.30. The van der Waals surface area contributed by atoms with E-state index >= 15 is 0 Å². The molecule has 2 amide bonds. The molecule has 1 saturated carbocycles. The van der Waals surface area contributed by atoms with Gasteiger partial charge in [0.2, 0.25) is 5.91 Å². The van der Waals surface area contributed by atoms with Gasteiger partial charge in [-0.2, -0.15) is 0 Å². The SMILES string of the molecule is Cc1ccc(C(=O)Nc2ccc(NC(=O)C3CC3)cc2)cc1[N+](=O)[O-]. The number of aryl methyl sites for hydroxylation is 1. The molecule has 0 atom stereocenters. The van der Waals surface area contributed by atoms with E-state index < -0.39 is 10.8 Å². The average molecular weight is 339 g/mol. The van der Waals surface area contributed by atoms with Crippen molar-refractivity contribution < 1.29 is 14.5 Å². The van der Waals surface area contributed by atoms with E-state index in [2.05, 4.69) is 10.6 Å². The van der Waals surface area contributed by atoms with Gasteiger partial charge in [0, 0.05) is 34.5 Å². The quantitative estimate of drug-likeness (QED) is 0.643. The molecule has 128 valence electrons. The van der Waals surface area contributed by atoms with Crippen LogP contribution in [0.15, 0.2) is 42.5 Å². The number of nitro groups is 1. The maximum atomic E-state index is 12.3. The van der Waals surface area contributed by atoms with Crippen molar-refractivity contribution in [2.24, 2.45) is 5.92 Å². The summed E-state index contributed by atoms with van der Waals surface area (Å²) in [6, 6.07) is 11.1. The predicted octanol–water partition coefficient (Wildman–Crippen LogP) is 3.50. The van der Waals surface area contributed by atoms with Crippen LogP contribution in [0.3, 0.4) is 0 Å². The van der Waals surface area contributed by atoms with Gasteiger partial charge in [-0.05, 0) is 50.1 Å². The lowest BCUT2D eigenvalue weighted by molar-refractivity contribution is -0.385. The Hall–Kier alpha value is -3.22. The lowest BCUT2D eigenvalue weighted by Gasteiger charge is -2.08. The molecule has 7 heteroatoms. The number of nitro benzene ring substituents is 1. The molecule has 2 N–H and O–H groups in total. The molecule has 0 heterocycles. The van der Waals surface area contributed by atoms with E-state index in [-0.39, 0.29) is 23.1 Å². The van der Waals surface area contributed by atoms with Gasteiger partial charge in [-0.25, -0.2) is 0 Å². The van der Waals surface area contributed by atoms with Crippen molar-refractivity contribution in [3.05, 3.63) is 63.7 Å². The summed E-state index contributed by atoms with van der Waals surface area (Å²) in [5, 5.41) is 16.5. The van der Waals surface area contributed by atoms with Gasteiger partial charge in [0.1, 0.15) is 0 Å². The third-order valence-corrected chi connectivity index (χ3v) is 4.03. The second-order valence-corrected chi connectivity index (χ2v) is 6.05. The second kappa shape index (κ2) is 6.72. The first-order valence-electron chi connectivity index (χ1n) is 7.91. The fourth-order valence-electron chi connectivity index (χ4n) is 2.38. The van der Waals surface area contributed by atoms with Crippen LogP contribution >= 0.6 is 0 Å². The summed E-state index contributed by atoms with van der Waals surface area (Å²) in [6.07, 6.45) is 1.87. The number of hydrogen-bond donors (Lipinski definition) is 2. The Labute approximate surface area is 144 Å². The molecule has 25 heavy (non-hydrogen) atoms. The number of nitrogens with one attached hydrogen (secondary N) is 2. The summed E-state index contributed by atoms with van der Waals surface area (Å²) in [4.78, 5) is 34.4. The minimum atomic E-state index is -0.510. The van der Waals surface area contributed by atoms with Crippen LogP contribution in [-0.4, -0.2) is 16.7 Å². The zero-order valence-corrected chi connectivity index (χ0v) is 13.6. The van der Waals surface area contributed by atoms with E-state index in [0.717, 1.165) is 12.8 Å². The monoisotopic (exact) mass is 339 g/mol. The highest BCUT2D eigenvalue weighted by atomic mass is 16.6. The number of hydrogen-bond acceptors (Lipinski definition) is 4. The highest BCUT2D eigenvalue weighted by Gasteiger charge is 2.29. The maximum absolute atomic E-state index is 12.3. The molecule has 0 aromatic heterocycles. The van der Waals surface area contributed by atoms with Crippen molar-refractivity contribution in [3.63, 3.8) is 0 Å². The minimum absolute atomic E-state index is 0.0174. The van der Waals surface area contributed by atoms with E-state index in [4.69, 9.17) is 0 Å². The molecule has 1 aliphatic carbocycles. The van der Waals surface area contributed by atoms with E-state index in [1.54, 1.807) is 43.3 Å². The summed E-state index contributed by atoms with van der Waals surface area (Å²) in [5.41, 5.74) is 1.82. The molecule has 0 saturated heterocycles. The van der Waals surface area contributed by atoms with Crippen molar-refractivity contribution in [2.75, 3.05) is 10.6 Å². The number of nitrogens with zero attached hydrogens (tertiary/aromatic N) is 1. The van der Waals surface area contributed by atoms with Gasteiger partial charge in [0.05, 0.1) is 4.92 Å². The van der Waals surface area contributed by atoms with Crippen LogP contribution < -0.4 is 10.6 Å². The number of amides is 2. The second-order valence-electron chi connectivity index (χ2n) is 6.05. The van der Waals surface area contributed by atoms with E-state index in [1.165, 1.54) is 6.07 Å². The van der Waals surface area contributed by atoms with Crippen molar-refractivity contribution in [1.82, 2.24) is 0 Å². The minimum Gasteiger partial charge on any atom is -0.326 e. The normalized spacial score (nSPS) is 13.2. The molecular weight excluding hydrogens is 322 g/mol. The molecule has 2 aromatic carbocycles. The van der Waals surface area contributed by atoms with Crippen molar-refractivity contribution in [3.8, 4) is 0 Å². The molecule has 7 nitrogen and oxygen atoms in total. The topological polar surface area (TPSA) is 101 Å². The average Bonchev–Trinajstić information content (AvgIpc) is 3.41. The molecule has 0 unspecified atom stereocenters. The molecule has 0 spiro atoms. The Morgan fingerprint density at radius 3 is 2.20 bits per heavy atom. The summed E-state index contributed by atoms with van der Waals surface area (Å²) >= 11 is 0. The van der Waals surface area contributed by atoms with Gasteiger partial charge in [-0.15, -0.1) is 0 Å². The predicted molar refractivity (Wildman–Crippen MR) is 93.6 cm³/mol. The zero-order chi connectivity index (χ0) is 18.0. The van der Waals surface area contributed by atoms with Crippen molar-refractivity contribution >= 4 is 28.9 Å². The third kappa shape index (κ3) is 4.00. The van der Waals surface area contributed by atoms with Crippen molar-refractivity contribution in [1.29, 1.82) is 0 Å². The Morgan fingerprint density at radius 2 is 1.64 bits per heavy atom. The molecule has 1 aliphatic rings. The van der Waals surface area contributed by atoms with Crippen LogP contribution in [-0.2, 0) is 4.79 Å². The molecule has 0 aliphatic heterocycles. The standard InChI is InChI=1S/C18H17N3O4/c1-11-2-3-13(10-16(11)21(24)25)18(23)20-15-8-6-14(7-9-15)19-17(22)12-4-5-12/h2-3,6-10,12H,4-5H2,1H3,(H,19,22)(H,20,23). The summed E-state index contributed by atoms with van der Waals surface area (Å²) in [5.74, 6) is -0.293. The van der Waals surface area contributed by atoms with Gasteiger partial charge in [-0.3, -0.25) is 19.7 Å². The number of carbonyl (C=O) groups is 2. The first kappa shape index (κ1) is 16.6. The van der Waals surface area contributed by atoms with Crippen LogP contribution in [0.4, 0.5) is 17.1 Å². The van der Waals surface area contributed by atoms with Crippen LogP contribution in [0.2, 0.25) is 0 Å². The smallest absolute Gasteiger partial charge is 0.273 e. The fourth-order valence-corrected chi connectivity index (χ4v) is 2.38. The highest BCUT2D eigenvalue weighted by molar-refractivity contribution is 6.05. The zero-order valence-electron chi connectivity index (χ0n) is 13.6. The lowest BCUT2D eigenvalue weighted by atomic mass is 10.1. The van der Waals surface area contributed by atoms with Gasteiger partial charge in [0.25, 0.3) is 11.6 Å². The van der Waals surface area contributed by atoms with Crippen LogP contribution in [0.5, 0.6) is 0 Å². The largest absolute Gasteiger partial charge is 0.326 e. The molecule has 1 fully saturated rings. The van der Waals surface area contributed by atoms with Crippen LogP contribution in [0.25, 0.3) is 0 Å². The Morgan fingerprint density at radius 1 is 1.04 bits per heavy atom. The third-order valence-electron chi connectivity index (χ3n) is 4.03. The fraction of sp³-hybridized carbons (Fsp3) is 0.222. The van der Waals surface area contributed by atoms with E-state index in [0.29, 0.717) is 16.9 Å². The Bertz CT molecular complexity index is 842. The van der Waals surface area contributed by atoms with Gasteiger partial charge in [-0.1, -0.05) is 6.07 Å². The number of benzene rings is 2. The maximum Gasteiger partial charge on any atom is 0.273 e. The van der Waals surface area contributed by atoms with Crippen molar-refractivity contribution in [2.45, 2.75) is 19.8 Å². The van der Waals surface area contributed by atoms with Gasteiger partial charge < -0.3 is 10.6 Å². The number of carbonyl (C=O) groups excluding carboxylic acids is 2. The number of rotatable bonds is 5. The summed E-state index contributed by atoms with van der Waals surface area (Å²) in [6.45, 7) is 1.62. The Balaban J connectivity index is 1.67. The van der Waals surface area contributed by atoms with E-state index in [1.807, 2.05) is 0 Å². The van der Waals surface area contributed by atoms with Gasteiger partial charge >= 0.3 is 0 Å². The molecule has 3 rings (SSSR count). The molecule has 0 bridgehead atoms. The summed E-state index contributed by atoms with van der Waals surface area (Å²) < 4.78 is 0. The molecule has 0 radical (unpaired) electrons. The Kier molecular flexibility index (Phi) is 4.47. The number of anilines is 2. The lowest BCUT2D eigenvalue weighted by Crippen LogP contribution is -2.14. The summed E-state index contributed by atoms with van der Waals surface area (Å²) in [7, 11) is 0. The van der Waals surface area contributed by atoms with Crippen LogP contribution in [0, 0.1) is 23.0 Å². The first-order valence-corrected chi connectivity index (χ1v) is 7.91. The van der Waals surface area contributed by atoms with Crippen LogP contribution in [0.1, 0.15) is 28.8 Å². The van der Waals surface area contributed by atoms with Gasteiger partial charge in [0.15, 0.2) is 0 Å². The first-order chi connectivity index (χ1) is 11.9. The van der Waals surface area contributed by atoms with E-state index in [9.17, 15) is 19.7 Å². The molecular formula is C18H17N3O4. The molecule has 2 aromatic rings.